The second-order valence-corrected chi connectivity index (χ2v) is 6.21. The Morgan fingerprint density at radius 3 is 2.40 bits per heavy atom. The van der Waals surface area contributed by atoms with Gasteiger partial charge in [0.05, 0.1) is 19.1 Å². The number of hydrogen-bond acceptors (Lipinski definition) is 3. The fourth-order valence-electron chi connectivity index (χ4n) is 3.02. The van der Waals surface area contributed by atoms with E-state index in [-0.39, 0.29) is 11.8 Å². The standard InChI is InChI=1S/C21H23NO3/c1-17(23)22(16-20-9-5-13-24-20)12-11-19(21-10-6-14-25-21)15-18-7-3-2-4-8-18/h2-10,13-14,19H,11-12,15-16H2,1H3/t19-/m0/s1. The molecule has 0 fully saturated rings. The molecule has 0 saturated heterocycles. The van der Waals surface area contributed by atoms with Crippen molar-refractivity contribution >= 4 is 5.91 Å². The number of nitrogens with zero attached hydrogens (tertiary/aromatic N) is 1. The molecule has 130 valence electrons. The smallest absolute Gasteiger partial charge is 0.219 e. The number of furan rings is 2. The molecule has 0 aliphatic carbocycles. The van der Waals surface area contributed by atoms with Crippen LogP contribution in [0.2, 0.25) is 0 Å². The highest BCUT2D eigenvalue weighted by Crippen LogP contribution is 2.25. The summed E-state index contributed by atoms with van der Waals surface area (Å²) in [6, 6.07) is 18.0. The van der Waals surface area contributed by atoms with Crippen LogP contribution in [0.4, 0.5) is 0 Å². The van der Waals surface area contributed by atoms with Crippen molar-refractivity contribution in [3.05, 3.63) is 84.2 Å². The lowest BCUT2D eigenvalue weighted by atomic mass is 9.93. The Hall–Kier alpha value is -2.75. The normalized spacial score (nSPS) is 12.0. The lowest BCUT2D eigenvalue weighted by Gasteiger charge is -2.23. The van der Waals surface area contributed by atoms with E-state index in [9.17, 15) is 4.79 Å². The minimum atomic E-state index is 0.0503. The summed E-state index contributed by atoms with van der Waals surface area (Å²) in [5, 5.41) is 0. The molecule has 4 heteroatoms. The maximum absolute atomic E-state index is 12.0. The molecular formula is C21H23NO3. The monoisotopic (exact) mass is 337 g/mol. The summed E-state index contributed by atoms with van der Waals surface area (Å²) in [4.78, 5) is 13.8. The van der Waals surface area contributed by atoms with Crippen molar-refractivity contribution in [2.75, 3.05) is 6.54 Å². The third-order valence-electron chi connectivity index (χ3n) is 4.39. The molecular weight excluding hydrogens is 314 g/mol. The maximum atomic E-state index is 12.0. The van der Waals surface area contributed by atoms with Crippen molar-refractivity contribution in [3.8, 4) is 0 Å². The van der Waals surface area contributed by atoms with Gasteiger partial charge in [-0.25, -0.2) is 0 Å². The van der Waals surface area contributed by atoms with Gasteiger partial charge in [0.1, 0.15) is 11.5 Å². The fourth-order valence-corrected chi connectivity index (χ4v) is 3.02. The molecule has 1 aromatic carbocycles. The summed E-state index contributed by atoms with van der Waals surface area (Å²) in [7, 11) is 0. The first-order valence-electron chi connectivity index (χ1n) is 8.57. The van der Waals surface area contributed by atoms with E-state index in [1.54, 1.807) is 19.5 Å². The van der Waals surface area contributed by atoms with Gasteiger partial charge in [0.2, 0.25) is 5.91 Å². The third kappa shape index (κ3) is 4.86. The number of carbonyl (C=O) groups excluding carboxylic acids is 1. The molecule has 2 heterocycles. The van der Waals surface area contributed by atoms with Crippen molar-refractivity contribution in [2.45, 2.75) is 32.2 Å². The lowest BCUT2D eigenvalue weighted by Crippen LogP contribution is -2.30. The third-order valence-corrected chi connectivity index (χ3v) is 4.39. The van der Waals surface area contributed by atoms with E-state index in [1.165, 1.54) is 5.56 Å². The molecule has 25 heavy (non-hydrogen) atoms. The number of carbonyl (C=O) groups is 1. The SMILES string of the molecule is CC(=O)N(CC[C@@H](Cc1ccccc1)c1ccco1)Cc1ccco1. The van der Waals surface area contributed by atoms with Crippen molar-refractivity contribution < 1.29 is 13.6 Å². The van der Waals surface area contributed by atoms with Crippen LogP contribution < -0.4 is 0 Å². The Kier molecular flexibility index (Phi) is 5.73. The zero-order chi connectivity index (χ0) is 17.5. The highest BCUT2D eigenvalue weighted by molar-refractivity contribution is 5.73. The first-order chi connectivity index (χ1) is 12.2. The van der Waals surface area contributed by atoms with E-state index in [0.29, 0.717) is 13.1 Å². The van der Waals surface area contributed by atoms with E-state index in [0.717, 1.165) is 24.4 Å². The molecule has 0 aliphatic heterocycles. The van der Waals surface area contributed by atoms with Crippen LogP contribution in [-0.4, -0.2) is 17.4 Å². The average Bonchev–Trinajstić information content (AvgIpc) is 3.31. The second-order valence-electron chi connectivity index (χ2n) is 6.21. The molecule has 1 amide bonds. The Balaban J connectivity index is 1.67. The highest BCUT2D eigenvalue weighted by Gasteiger charge is 2.19. The first kappa shape index (κ1) is 17.1. The molecule has 0 spiro atoms. The van der Waals surface area contributed by atoms with Crippen molar-refractivity contribution in [2.24, 2.45) is 0 Å². The van der Waals surface area contributed by atoms with E-state index < -0.39 is 0 Å². The molecule has 0 bridgehead atoms. The number of amides is 1. The Bertz CT molecular complexity index is 748. The van der Waals surface area contributed by atoms with Crippen LogP contribution in [0.1, 0.15) is 36.3 Å². The summed E-state index contributed by atoms with van der Waals surface area (Å²) < 4.78 is 11.0. The van der Waals surface area contributed by atoms with Crippen LogP contribution in [0.3, 0.4) is 0 Å². The van der Waals surface area contributed by atoms with Crippen molar-refractivity contribution in [3.63, 3.8) is 0 Å². The molecule has 4 nitrogen and oxygen atoms in total. The molecule has 0 saturated carbocycles. The van der Waals surface area contributed by atoms with Gasteiger partial charge in [-0.1, -0.05) is 30.3 Å². The summed E-state index contributed by atoms with van der Waals surface area (Å²) in [5.41, 5.74) is 1.27. The first-order valence-corrected chi connectivity index (χ1v) is 8.57. The van der Waals surface area contributed by atoms with E-state index in [2.05, 4.69) is 12.1 Å². The quantitative estimate of drug-likeness (QED) is 0.602. The summed E-state index contributed by atoms with van der Waals surface area (Å²) in [5.74, 6) is 2.04. The molecule has 0 unspecified atom stereocenters. The minimum absolute atomic E-state index is 0.0503. The van der Waals surface area contributed by atoms with Gasteiger partial charge in [0.25, 0.3) is 0 Å². The van der Waals surface area contributed by atoms with Crippen LogP contribution in [0.15, 0.2) is 76.0 Å². The topological polar surface area (TPSA) is 46.6 Å². The van der Waals surface area contributed by atoms with Crippen LogP contribution in [0.5, 0.6) is 0 Å². The predicted octanol–water partition coefficient (Wildman–Crippen LogP) is 4.64. The fraction of sp³-hybridized carbons (Fsp3) is 0.286. The molecule has 1 atom stereocenters. The van der Waals surface area contributed by atoms with Gasteiger partial charge in [0, 0.05) is 19.4 Å². The van der Waals surface area contributed by atoms with Crippen molar-refractivity contribution in [1.29, 1.82) is 0 Å². The zero-order valence-electron chi connectivity index (χ0n) is 14.4. The van der Waals surface area contributed by atoms with Gasteiger partial charge < -0.3 is 13.7 Å². The summed E-state index contributed by atoms with van der Waals surface area (Å²) in [6.07, 6.45) is 5.07. The van der Waals surface area contributed by atoms with Gasteiger partial charge in [-0.3, -0.25) is 4.79 Å². The molecule has 3 rings (SSSR count). The molecule has 0 aliphatic rings. The number of rotatable bonds is 8. The van der Waals surface area contributed by atoms with E-state index in [4.69, 9.17) is 8.83 Å². The highest BCUT2D eigenvalue weighted by atomic mass is 16.3. The average molecular weight is 337 g/mol. The largest absolute Gasteiger partial charge is 0.469 e. The Morgan fingerprint density at radius 1 is 1.00 bits per heavy atom. The van der Waals surface area contributed by atoms with Gasteiger partial charge in [-0.05, 0) is 42.7 Å². The van der Waals surface area contributed by atoms with Gasteiger partial charge >= 0.3 is 0 Å². The maximum Gasteiger partial charge on any atom is 0.219 e. The van der Waals surface area contributed by atoms with Crippen LogP contribution >= 0.6 is 0 Å². The van der Waals surface area contributed by atoms with E-state index in [1.807, 2.05) is 47.4 Å². The van der Waals surface area contributed by atoms with Gasteiger partial charge in [-0.2, -0.15) is 0 Å². The number of hydrogen-bond donors (Lipinski definition) is 0. The van der Waals surface area contributed by atoms with E-state index >= 15 is 0 Å². The number of benzene rings is 1. The van der Waals surface area contributed by atoms with Crippen molar-refractivity contribution in [1.82, 2.24) is 4.90 Å². The summed E-state index contributed by atoms with van der Waals surface area (Å²) >= 11 is 0. The lowest BCUT2D eigenvalue weighted by molar-refractivity contribution is -0.129. The molecule has 3 aromatic rings. The molecule has 0 N–H and O–H groups in total. The second kappa shape index (κ2) is 8.38. The Labute approximate surface area is 148 Å². The Morgan fingerprint density at radius 2 is 1.76 bits per heavy atom. The zero-order valence-corrected chi connectivity index (χ0v) is 14.4. The minimum Gasteiger partial charge on any atom is -0.469 e. The van der Waals surface area contributed by atoms with Crippen LogP contribution in [-0.2, 0) is 17.8 Å². The molecule has 0 radical (unpaired) electrons. The summed E-state index contributed by atoms with van der Waals surface area (Å²) in [6.45, 7) is 2.76. The van der Waals surface area contributed by atoms with Crippen LogP contribution in [0, 0.1) is 0 Å². The molecule has 2 aromatic heterocycles. The van der Waals surface area contributed by atoms with Gasteiger partial charge in [0.15, 0.2) is 0 Å². The van der Waals surface area contributed by atoms with Gasteiger partial charge in [-0.15, -0.1) is 0 Å². The van der Waals surface area contributed by atoms with Crippen LogP contribution in [0.25, 0.3) is 0 Å². The predicted molar refractivity (Wildman–Crippen MR) is 96.0 cm³/mol.